The third kappa shape index (κ3) is 3.58. The Morgan fingerprint density at radius 3 is 2.76 bits per heavy atom. The van der Waals surface area contributed by atoms with Gasteiger partial charge in [0.25, 0.3) is 0 Å². The standard InChI is InChI=1S/C29H29N3O2/c1-4-5-6-7-20-9-11-21-23(17-25(20)32-12-14-34-15-13-32)29(2,3)28-26(27(21)33)22-10-8-19(18-30)16-24(22)31-28/h8-10,16-17,31H,4-5,11-15H2,1-3H3. The molecule has 0 radical (unpaired) electrons. The predicted molar refractivity (Wildman–Crippen MR) is 133 cm³/mol. The van der Waals surface area contributed by atoms with Gasteiger partial charge in [-0.1, -0.05) is 44.8 Å². The lowest BCUT2D eigenvalue weighted by molar-refractivity contribution is 0.0549. The Kier molecular flexibility index (Phi) is 5.68. The summed E-state index contributed by atoms with van der Waals surface area (Å²) in [5, 5.41) is 10.2. The molecule has 1 aliphatic heterocycles. The minimum atomic E-state index is -0.401. The maximum Gasteiger partial charge on any atom is 0.192 e. The Labute approximate surface area is 200 Å². The molecule has 5 nitrogen and oxygen atoms in total. The lowest BCUT2D eigenvalue weighted by Gasteiger charge is -2.35. The monoisotopic (exact) mass is 451 g/mol. The second-order valence-corrected chi connectivity index (χ2v) is 9.60. The van der Waals surface area contributed by atoms with E-state index in [4.69, 9.17) is 4.74 Å². The highest BCUT2D eigenvalue weighted by Gasteiger charge is 2.41. The Morgan fingerprint density at radius 2 is 2.03 bits per heavy atom. The number of ketones is 1. The van der Waals surface area contributed by atoms with Crippen LogP contribution in [0.2, 0.25) is 0 Å². The number of carbonyl (C=O) groups is 1. The second kappa shape index (κ2) is 8.67. The number of ether oxygens (including phenoxy) is 1. The van der Waals surface area contributed by atoms with Crippen molar-refractivity contribution in [3.8, 4) is 17.9 Å². The van der Waals surface area contributed by atoms with Crippen LogP contribution in [0.4, 0.5) is 0 Å². The molecule has 0 unspecified atom stereocenters. The number of morpholine rings is 1. The van der Waals surface area contributed by atoms with Crippen LogP contribution >= 0.6 is 0 Å². The molecule has 1 aromatic carbocycles. The number of H-pyrrole nitrogens is 1. The maximum absolute atomic E-state index is 13.9. The van der Waals surface area contributed by atoms with Crippen LogP contribution in [0, 0.1) is 23.2 Å². The number of carbonyl (C=O) groups excluding carboxylic acids is 1. The van der Waals surface area contributed by atoms with E-state index in [1.807, 2.05) is 12.1 Å². The number of rotatable bonds is 2. The normalized spacial score (nSPS) is 19.4. The Hall–Kier alpha value is -3.54. The van der Waals surface area contributed by atoms with Crippen LogP contribution in [0.1, 0.15) is 61.6 Å². The number of hydrogen-bond acceptors (Lipinski definition) is 4. The van der Waals surface area contributed by atoms with Crippen LogP contribution in [0.15, 0.2) is 52.8 Å². The fourth-order valence-corrected chi connectivity index (χ4v) is 5.21. The molecule has 34 heavy (non-hydrogen) atoms. The van der Waals surface area contributed by atoms with Crippen LogP contribution in [-0.4, -0.2) is 42.0 Å². The van der Waals surface area contributed by atoms with Crippen molar-refractivity contribution in [1.82, 2.24) is 9.88 Å². The molecule has 0 amide bonds. The smallest absolute Gasteiger partial charge is 0.192 e. The summed E-state index contributed by atoms with van der Waals surface area (Å²) in [5.41, 5.74) is 6.63. The van der Waals surface area contributed by atoms with E-state index in [0.29, 0.717) is 25.2 Å². The molecule has 2 aliphatic carbocycles. The zero-order chi connectivity index (χ0) is 23.9. The maximum atomic E-state index is 13.9. The number of benzene rings is 1. The van der Waals surface area contributed by atoms with Gasteiger partial charge in [-0.05, 0) is 36.6 Å². The quantitative estimate of drug-likeness (QED) is 0.641. The van der Waals surface area contributed by atoms with Gasteiger partial charge in [-0.25, -0.2) is 0 Å². The van der Waals surface area contributed by atoms with Crippen molar-refractivity contribution < 1.29 is 9.53 Å². The van der Waals surface area contributed by atoms with E-state index in [0.717, 1.165) is 70.5 Å². The molecule has 1 N–H and O–H groups in total. The van der Waals surface area contributed by atoms with Crippen LogP contribution < -0.4 is 0 Å². The van der Waals surface area contributed by atoms with Crippen molar-refractivity contribution in [3.63, 3.8) is 0 Å². The first-order valence-corrected chi connectivity index (χ1v) is 12.0. The van der Waals surface area contributed by atoms with Gasteiger partial charge in [-0.15, -0.1) is 0 Å². The Bertz CT molecular complexity index is 1380. The van der Waals surface area contributed by atoms with Crippen LogP contribution in [-0.2, 0) is 10.2 Å². The van der Waals surface area contributed by atoms with E-state index in [1.165, 1.54) is 0 Å². The molecule has 5 rings (SSSR count). The number of aromatic nitrogens is 1. The van der Waals surface area contributed by atoms with E-state index >= 15 is 0 Å². The third-order valence-electron chi connectivity index (χ3n) is 7.07. The lowest BCUT2D eigenvalue weighted by atomic mass is 9.70. The van der Waals surface area contributed by atoms with Crippen LogP contribution in [0.25, 0.3) is 10.9 Å². The molecule has 172 valence electrons. The number of fused-ring (bicyclic) bond motifs is 3. The van der Waals surface area contributed by atoms with Gasteiger partial charge in [0.05, 0.1) is 36.1 Å². The van der Waals surface area contributed by atoms with Gasteiger partial charge >= 0.3 is 0 Å². The van der Waals surface area contributed by atoms with Crippen molar-refractivity contribution in [2.45, 2.75) is 45.4 Å². The first kappa shape index (κ1) is 22.3. The summed E-state index contributed by atoms with van der Waals surface area (Å²) < 4.78 is 5.60. The summed E-state index contributed by atoms with van der Waals surface area (Å²) in [5.74, 6) is 6.78. The molecule has 0 saturated carbocycles. The van der Waals surface area contributed by atoms with E-state index in [9.17, 15) is 10.1 Å². The summed E-state index contributed by atoms with van der Waals surface area (Å²) in [6.07, 6.45) is 6.76. The number of aromatic amines is 1. The largest absolute Gasteiger partial charge is 0.378 e. The number of allylic oxidation sites excluding steroid dienone is 5. The molecule has 0 atom stereocenters. The van der Waals surface area contributed by atoms with Gasteiger partial charge < -0.3 is 14.6 Å². The predicted octanol–water partition coefficient (Wildman–Crippen LogP) is 5.16. The number of nitrogens with zero attached hydrogens (tertiary/aromatic N) is 2. The summed E-state index contributed by atoms with van der Waals surface area (Å²) in [7, 11) is 0. The van der Waals surface area contributed by atoms with Gasteiger partial charge in [-0.2, -0.15) is 5.26 Å². The molecule has 1 aromatic heterocycles. The minimum Gasteiger partial charge on any atom is -0.378 e. The Balaban J connectivity index is 1.67. The topological polar surface area (TPSA) is 69.1 Å². The minimum absolute atomic E-state index is 0.0666. The van der Waals surface area contributed by atoms with Gasteiger partial charge in [0.15, 0.2) is 5.78 Å². The molecular weight excluding hydrogens is 422 g/mol. The fraction of sp³-hybridized carbons (Fsp3) is 0.379. The average Bonchev–Trinajstić information content (AvgIpc) is 3.13. The number of hydrogen-bond donors (Lipinski definition) is 1. The molecule has 0 spiro atoms. The highest BCUT2D eigenvalue weighted by Crippen LogP contribution is 2.46. The van der Waals surface area contributed by atoms with Gasteiger partial charge in [0.2, 0.25) is 0 Å². The van der Waals surface area contributed by atoms with Crippen molar-refractivity contribution in [1.29, 1.82) is 5.26 Å². The summed E-state index contributed by atoms with van der Waals surface area (Å²) in [4.78, 5) is 19.7. The van der Waals surface area contributed by atoms with Crippen LogP contribution in [0.3, 0.4) is 0 Å². The first-order valence-electron chi connectivity index (χ1n) is 12.0. The molecule has 3 aliphatic rings. The Morgan fingerprint density at radius 1 is 1.24 bits per heavy atom. The van der Waals surface area contributed by atoms with Crippen molar-refractivity contribution in [2.24, 2.45) is 0 Å². The molecule has 2 heterocycles. The van der Waals surface area contributed by atoms with E-state index in [2.05, 4.69) is 60.7 Å². The van der Waals surface area contributed by atoms with Crippen molar-refractivity contribution in [3.05, 3.63) is 69.6 Å². The fourth-order valence-electron chi connectivity index (χ4n) is 5.21. The van der Waals surface area contributed by atoms with E-state index in [1.54, 1.807) is 6.07 Å². The van der Waals surface area contributed by atoms with Crippen molar-refractivity contribution in [2.75, 3.05) is 26.3 Å². The van der Waals surface area contributed by atoms with Gasteiger partial charge in [0.1, 0.15) is 0 Å². The number of Topliss-reactive ketones (excluding diaryl/α,β-unsaturated/α-hetero) is 1. The first-order chi connectivity index (χ1) is 16.5. The SMILES string of the molecule is CCCC#CC1=CCC2=C(C=C1N1CCOCC1)C(C)(C)c1[nH]c3cc(C#N)ccc3c1C2=O. The van der Waals surface area contributed by atoms with Crippen molar-refractivity contribution >= 4 is 16.7 Å². The third-order valence-corrected chi connectivity index (χ3v) is 7.07. The number of nitriles is 1. The molecule has 1 saturated heterocycles. The molecule has 0 bridgehead atoms. The summed E-state index contributed by atoms with van der Waals surface area (Å²) in [6.45, 7) is 9.48. The summed E-state index contributed by atoms with van der Waals surface area (Å²) in [6, 6.07) is 7.71. The highest BCUT2D eigenvalue weighted by molar-refractivity contribution is 6.19. The van der Waals surface area contributed by atoms with Crippen LogP contribution in [0.5, 0.6) is 0 Å². The lowest BCUT2D eigenvalue weighted by Crippen LogP contribution is -2.36. The number of unbranched alkanes of at least 4 members (excludes halogenated alkanes) is 1. The zero-order valence-corrected chi connectivity index (χ0v) is 20.0. The van der Waals surface area contributed by atoms with E-state index < -0.39 is 5.41 Å². The molecule has 2 aromatic rings. The summed E-state index contributed by atoms with van der Waals surface area (Å²) >= 11 is 0. The van der Waals surface area contributed by atoms with E-state index in [-0.39, 0.29) is 5.78 Å². The molecule has 1 fully saturated rings. The van der Waals surface area contributed by atoms with Gasteiger partial charge in [-0.3, -0.25) is 4.79 Å². The zero-order valence-electron chi connectivity index (χ0n) is 20.0. The molecule has 5 heteroatoms. The molecular formula is C29H29N3O2. The second-order valence-electron chi connectivity index (χ2n) is 9.60. The number of nitrogens with one attached hydrogen (secondary N) is 1. The van der Waals surface area contributed by atoms with Gasteiger partial charge in [0, 0.05) is 52.7 Å². The average molecular weight is 452 g/mol. The highest BCUT2D eigenvalue weighted by atomic mass is 16.5.